The maximum atomic E-state index is 12.5. The maximum absolute atomic E-state index is 12.5. The molecule has 1 atom stereocenters. The number of ether oxygens (including phenoxy) is 1. The molecule has 0 radical (unpaired) electrons. The quantitative estimate of drug-likeness (QED) is 0.747. The van der Waals surface area contributed by atoms with E-state index in [0.717, 1.165) is 4.31 Å². The predicted molar refractivity (Wildman–Crippen MR) is 94.4 cm³/mol. The zero-order valence-corrected chi connectivity index (χ0v) is 15.9. The first-order valence-electron chi connectivity index (χ1n) is 7.43. The number of carbonyl (C=O) groups excluding carboxylic acids is 2. The van der Waals surface area contributed by atoms with Gasteiger partial charge in [-0.05, 0) is 25.1 Å². The van der Waals surface area contributed by atoms with Gasteiger partial charge in [-0.25, -0.2) is 12.7 Å². The highest BCUT2D eigenvalue weighted by Gasteiger charge is 2.41. The molecule has 1 unspecified atom stereocenters. The van der Waals surface area contributed by atoms with Crippen LogP contribution in [0.5, 0.6) is 0 Å². The normalized spacial score (nSPS) is 16.2. The van der Waals surface area contributed by atoms with Crippen LogP contribution >= 0.6 is 12.4 Å². The van der Waals surface area contributed by atoms with Crippen molar-refractivity contribution < 1.29 is 22.7 Å². The first kappa shape index (κ1) is 21.4. The van der Waals surface area contributed by atoms with Crippen LogP contribution in [0.1, 0.15) is 27.6 Å². The minimum atomic E-state index is -3.97. The summed E-state index contributed by atoms with van der Waals surface area (Å²) in [5.41, 5.74) is 5.81. The summed E-state index contributed by atoms with van der Waals surface area (Å²) >= 11 is 0. The summed E-state index contributed by atoms with van der Waals surface area (Å²) in [5, 5.41) is 0. The number of hydrogen-bond donors (Lipinski definition) is 1. The van der Waals surface area contributed by atoms with Crippen molar-refractivity contribution in [3.8, 4) is 0 Å². The van der Waals surface area contributed by atoms with E-state index in [0.29, 0.717) is 0 Å². The van der Waals surface area contributed by atoms with Crippen LogP contribution < -0.4 is 5.73 Å². The highest BCUT2D eigenvalue weighted by molar-refractivity contribution is 7.90. The summed E-state index contributed by atoms with van der Waals surface area (Å²) in [7, 11) is -0.950. The lowest BCUT2D eigenvalue weighted by Gasteiger charge is -2.23. The van der Waals surface area contributed by atoms with E-state index in [1.165, 1.54) is 30.2 Å². The largest absolute Gasteiger partial charge is 0.383 e. The highest BCUT2D eigenvalue weighted by Crippen LogP contribution is 2.31. The van der Waals surface area contributed by atoms with Gasteiger partial charge in [0.25, 0.3) is 21.8 Å². The summed E-state index contributed by atoms with van der Waals surface area (Å²) in [6.07, 6.45) is 0. The number of amides is 2. The second-order valence-corrected chi connectivity index (χ2v) is 7.42. The summed E-state index contributed by atoms with van der Waals surface area (Å²) in [6.45, 7) is 2.11. The lowest BCUT2D eigenvalue weighted by molar-refractivity contribution is 0.0747. The van der Waals surface area contributed by atoms with Crippen LogP contribution in [0.25, 0.3) is 0 Å². The van der Waals surface area contributed by atoms with Crippen molar-refractivity contribution in [3.05, 3.63) is 29.3 Å². The van der Waals surface area contributed by atoms with E-state index in [-0.39, 0.29) is 60.1 Å². The van der Waals surface area contributed by atoms with Gasteiger partial charge in [0.2, 0.25) is 0 Å². The molecule has 2 rings (SSSR count). The van der Waals surface area contributed by atoms with Crippen molar-refractivity contribution in [2.24, 2.45) is 5.73 Å². The second kappa shape index (κ2) is 8.13. The van der Waals surface area contributed by atoms with Crippen molar-refractivity contribution in [3.63, 3.8) is 0 Å². The van der Waals surface area contributed by atoms with Gasteiger partial charge in [-0.3, -0.25) is 9.59 Å². The molecular weight excluding hydrogens is 370 g/mol. The van der Waals surface area contributed by atoms with Crippen LogP contribution in [0.3, 0.4) is 0 Å². The molecule has 1 aliphatic rings. The molecule has 0 spiro atoms. The fraction of sp³-hybridized carbons (Fsp3) is 0.467. The summed E-state index contributed by atoms with van der Waals surface area (Å²) in [5.74, 6) is -0.960. The first-order chi connectivity index (χ1) is 11.3. The molecule has 0 saturated heterocycles. The molecular formula is C15H22ClN3O5S. The molecule has 0 aromatic heterocycles. The van der Waals surface area contributed by atoms with Gasteiger partial charge < -0.3 is 15.4 Å². The number of fused-ring (bicyclic) bond motifs is 1. The van der Waals surface area contributed by atoms with E-state index < -0.39 is 15.9 Å². The number of nitrogens with two attached hydrogens (primary N) is 1. The van der Waals surface area contributed by atoms with Gasteiger partial charge in [-0.1, -0.05) is 0 Å². The first-order valence-corrected chi connectivity index (χ1v) is 8.87. The van der Waals surface area contributed by atoms with Crippen molar-refractivity contribution in [2.45, 2.75) is 17.9 Å². The van der Waals surface area contributed by atoms with Gasteiger partial charge in [0.15, 0.2) is 0 Å². The number of carbonyl (C=O) groups is 2. The summed E-state index contributed by atoms with van der Waals surface area (Å²) in [4.78, 5) is 26.0. The number of likely N-dealkylation sites (N-methyl/N-ethyl adjacent to an activating group) is 1. The Kier molecular flexibility index (Phi) is 6.95. The van der Waals surface area contributed by atoms with Gasteiger partial charge in [-0.15, -0.1) is 12.4 Å². The van der Waals surface area contributed by atoms with Crippen LogP contribution in [0, 0.1) is 0 Å². The molecule has 0 aliphatic carbocycles. The Morgan fingerprint density at radius 1 is 1.40 bits per heavy atom. The number of benzene rings is 1. The van der Waals surface area contributed by atoms with Crippen molar-refractivity contribution in [1.82, 2.24) is 9.21 Å². The number of sulfonamides is 1. The van der Waals surface area contributed by atoms with Gasteiger partial charge in [0.1, 0.15) is 4.90 Å². The average molecular weight is 392 g/mol. The zero-order valence-electron chi connectivity index (χ0n) is 14.3. The minimum Gasteiger partial charge on any atom is -0.383 e. The van der Waals surface area contributed by atoms with E-state index in [4.69, 9.17) is 10.5 Å². The van der Waals surface area contributed by atoms with Crippen LogP contribution in [-0.4, -0.2) is 69.3 Å². The second-order valence-electron chi connectivity index (χ2n) is 5.59. The predicted octanol–water partition coefficient (Wildman–Crippen LogP) is 0.319. The van der Waals surface area contributed by atoms with Crippen molar-refractivity contribution >= 4 is 34.2 Å². The fourth-order valence-corrected chi connectivity index (χ4v) is 3.94. The summed E-state index contributed by atoms with van der Waals surface area (Å²) in [6, 6.07) is 3.88. The molecule has 1 aromatic carbocycles. The Bertz CT molecular complexity index is 768. The van der Waals surface area contributed by atoms with Gasteiger partial charge in [-0.2, -0.15) is 0 Å². The highest BCUT2D eigenvalue weighted by atomic mass is 35.5. The molecule has 0 bridgehead atoms. The monoisotopic (exact) mass is 391 g/mol. The molecule has 0 fully saturated rings. The Balaban J connectivity index is 0.00000312. The molecule has 2 N–H and O–H groups in total. The molecule has 1 heterocycles. The van der Waals surface area contributed by atoms with Gasteiger partial charge in [0.05, 0.1) is 18.7 Å². The van der Waals surface area contributed by atoms with Crippen LogP contribution in [0.2, 0.25) is 0 Å². The van der Waals surface area contributed by atoms with E-state index in [2.05, 4.69) is 0 Å². The smallest absolute Gasteiger partial charge is 0.269 e. The maximum Gasteiger partial charge on any atom is 0.269 e. The van der Waals surface area contributed by atoms with Crippen molar-refractivity contribution in [1.29, 1.82) is 0 Å². The fourth-order valence-electron chi connectivity index (χ4n) is 2.37. The lowest BCUT2D eigenvalue weighted by atomic mass is 10.1. The molecule has 25 heavy (non-hydrogen) atoms. The number of nitrogens with zero attached hydrogens (tertiary/aromatic N) is 2. The van der Waals surface area contributed by atoms with Crippen LogP contribution in [0.15, 0.2) is 23.1 Å². The third kappa shape index (κ3) is 3.79. The Morgan fingerprint density at radius 2 is 2.04 bits per heavy atom. The number of methoxy groups -OCH3 is 1. The van der Waals surface area contributed by atoms with Crippen molar-refractivity contribution in [2.75, 3.05) is 33.9 Å². The molecule has 8 nitrogen and oxygen atoms in total. The number of rotatable bonds is 6. The zero-order chi connectivity index (χ0) is 18.1. The Hall–Kier alpha value is -1.68. The lowest BCUT2D eigenvalue weighted by Crippen LogP contribution is -2.39. The van der Waals surface area contributed by atoms with E-state index >= 15 is 0 Å². The molecule has 0 saturated carbocycles. The van der Waals surface area contributed by atoms with E-state index in [1.807, 2.05) is 0 Å². The standard InChI is InChI=1S/C15H21N3O5S.ClH/c1-10(9-16)17(2)14(19)11-4-5-12-13(8-11)24(21,22)18(15(12)20)6-7-23-3;/h4-5,8,10H,6-7,9,16H2,1-3H3;1H. The topological polar surface area (TPSA) is 110 Å². The Morgan fingerprint density at radius 3 is 2.60 bits per heavy atom. The van der Waals surface area contributed by atoms with Crippen LogP contribution in [0.4, 0.5) is 0 Å². The van der Waals surface area contributed by atoms with E-state index in [9.17, 15) is 18.0 Å². The SMILES string of the molecule is COCCN1C(=O)c2ccc(C(=O)N(C)C(C)CN)cc2S1(=O)=O.Cl. The van der Waals surface area contributed by atoms with Gasteiger partial charge in [0, 0.05) is 32.3 Å². The molecule has 1 aromatic rings. The van der Waals surface area contributed by atoms with E-state index in [1.54, 1.807) is 14.0 Å². The summed E-state index contributed by atoms with van der Waals surface area (Å²) < 4.78 is 30.7. The molecule has 10 heteroatoms. The average Bonchev–Trinajstić information content (AvgIpc) is 2.77. The number of halogens is 1. The third-order valence-corrected chi connectivity index (χ3v) is 5.90. The van der Waals surface area contributed by atoms with Crippen LogP contribution in [-0.2, 0) is 14.8 Å². The molecule has 1 aliphatic heterocycles. The molecule has 2 amide bonds. The third-order valence-electron chi connectivity index (χ3n) is 4.07. The number of hydrogen-bond acceptors (Lipinski definition) is 6. The van der Waals surface area contributed by atoms with Gasteiger partial charge >= 0.3 is 0 Å². The Labute approximate surface area is 153 Å². The minimum absolute atomic E-state index is 0. The molecule has 140 valence electrons.